The third-order valence-corrected chi connectivity index (χ3v) is 3.36. The summed E-state index contributed by atoms with van der Waals surface area (Å²) < 4.78 is 0. The summed E-state index contributed by atoms with van der Waals surface area (Å²) >= 11 is 5.74. The highest BCUT2D eigenvalue weighted by molar-refractivity contribution is 6.32. The van der Waals surface area contributed by atoms with Crippen molar-refractivity contribution < 1.29 is 20.1 Å². The van der Waals surface area contributed by atoms with Gasteiger partial charge < -0.3 is 20.2 Å². The molecule has 98 valence electrons. The minimum atomic E-state index is -0.612. The van der Waals surface area contributed by atoms with E-state index in [0.717, 1.165) is 0 Å². The maximum atomic E-state index is 12.2. The quantitative estimate of drug-likeness (QED) is 0.736. The van der Waals surface area contributed by atoms with Crippen molar-refractivity contribution in [2.75, 3.05) is 13.2 Å². The van der Waals surface area contributed by atoms with E-state index in [1.165, 1.54) is 23.1 Å². The van der Waals surface area contributed by atoms with Gasteiger partial charge in [-0.25, -0.2) is 0 Å². The molecule has 2 atom stereocenters. The van der Waals surface area contributed by atoms with E-state index in [4.69, 9.17) is 11.6 Å². The fourth-order valence-corrected chi connectivity index (χ4v) is 2.30. The molecule has 1 aromatic rings. The predicted molar refractivity (Wildman–Crippen MR) is 65.7 cm³/mol. The second kappa shape index (κ2) is 5.14. The summed E-state index contributed by atoms with van der Waals surface area (Å²) in [7, 11) is 0. The molecule has 3 N–H and O–H groups in total. The van der Waals surface area contributed by atoms with Gasteiger partial charge in [-0.15, -0.1) is 0 Å². The van der Waals surface area contributed by atoms with Crippen LogP contribution in [-0.4, -0.2) is 51.4 Å². The minimum Gasteiger partial charge on any atom is -0.506 e. The average Bonchev–Trinajstić information content (AvgIpc) is 2.73. The zero-order valence-electron chi connectivity index (χ0n) is 9.58. The van der Waals surface area contributed by atoms with Gasteiger partial charge in [0.1, 0.15) is 5.75 Å². The molecule has 5 nitrogen and oxygen atoms in total. The minimum absolute atomic E-state index is 0.0895. The topological polar surface area (TPSA) is 81.0 Å². The normalized spacial score (nSPS) is 23.4. The van der Waals surface area contributed by atoms with E-state index < -0.39 is 6.10 Å². The molecular formula is C12H14ClNO4. The number of carbonyl (C=O) groups excluding carboxylic acids is 1. The van der Waals surface area contributed by atoms with Gasteiger partial charge in [0.05, 0.1) is 23.8 Å². The Hall–Kier alpha value is -1.30. The molecule has 1 fully saturated rings. The number of carbonyl (C=O) groups is 1. The Labute approximate surface area is 109 Å². The van der Waals surface area contributed by atoms with Crippen LogP contribution in [0.25, 0.3) is 0 Å². The lowest BCUT2D eigenvalue weighted by molar-refractivity contribution is 0.0665. The average molecular weight is 272 g/mol. The summed E-state index contributed by atoms with van der Waals surface area (Å²) in [6, 6.07) is 3.80. The number of phenolic OH excluding ortho intramolecular Hbond substituents is 1. The third kappa shape index (κ3) is 2.43. The molecule has 18 heavy (non-hydrogen) atoms. The van der Waals surface area contributed by atoms with Crippen molar-refractivity contribution >= 4 is 17.5 Å². The van der Waals surface area contributed by atoms with E-state index in [1.807, 2.05) is 0 Å². The molecule has 0 unspecified atom stereocenters. The van der Waals surface area contributed by atoms with Crippen LogP contribution in [0.15, 0.2) is 18.2 Å². The summed E-state index contributed by atoms with van der Waals surface area (Å²) in [6.45, 7) is 0.0111. The number of aliphatic hydroxyl groups is 2. The second-order valence-corrected chi connectivity index (χ2v) is 4.76. The van der Waals surface area contributed by atoms with Gasteiger partial charge >= 0.3 is 0 Å². The van der Waals surface area contributed by atoms with Crippen molar-refractivity contribution in [3.05, 3.63) is 28.8 Å². The number of benzene rings is 1. The van der Waals surface area contributed by atoms with Crippen LogP contribution in [0.4, 0.5) is 0 Å². The van der Waals surface area contributed by atoms with Crippen molar-refractivity contribution in [2.24, 2.45) is 0 Å². The van der Waals surface area contributed by atoms with Gasteiger partial charge in [0.2, 0.25) is 0 Å². The Bertz CT molecular complexity index is 465. The maximum absolute atomic E-state index is 12.2. The number of rotatable bonds is 2. The zero-order chi connectivity index (χ0) is 13.3. The lowest BCUT2D eigenvalue weighted by Crippen LogP contribution is -2.37. The lowest BCUT2D eigenvalue weighted by atomic mass is 10.1. The number of hydrogen-bond donors (Lipinski definition) is 3. The highest BCUT2D eigenvalue weighted by Crippen LogP contribution is 2.26. The SMILES string of the molecule is O=C(c1ccc(O)c(Cl)c1)N1C[C@H](O)C[C@H]1CO. The lowest BCUT2D eigenvalue weighted by Gasteiger charge is -2.22. The first kappa shape index (κ1) is 13.1. The second-order valence-electron chi connectivity index (χ2n) is 4.35. The molecule has 6 heteroatoms. The highest BCUT2D eigenvalue weighted by Gasteiger charge is 2.34. The first-order valence-electron chi connectivity index (χ1n) is 5.61. The Morgan fingerprint density at radius 2 is 2.22 bits per heavy atom. The van der Waals surface area contributed by atoms with Gasteiger partial charge in [-0.05, 0) is 24.6 Å². The number of phenols is 1. The van der Waals surface area contributed by atoms with Crippen LogP contribution >= 0.6 is 11.6 Å². The Balaban J connectivity index is 2.22. The molecule has 1 heterocycles. The van der Waals surface area contributed by atoms with Crippen molar-refractivity contribution in [1.29, 1.82) is 0 Å². The molecule has 1 amide bonds. The molecule has 0 aromatic heterocycles. The number of aliphatic hydroxyl groups excluding tert-OH is 2. The standard InChI is InChI=1S/C12H14ClNO4/c13-10-3-7(1-2-11(10)17)12(18)14-5-9(16)4-8(14)6-15/h1-3,8-9,15-17H,4-6H2/t8-,9+/m0/s1. The molecular weight excluding hydrogens is 258 g/mol. The highest BCUT2D eigenvalue weighted by atomic mass is 35.5. The molecule has 1 aromatic carbocycles. The Morgan fingerprint density at radius 1 is 1.50 bits per heavy atom. The smallest absolute Gasteiger partial charge is 0.254 e. The summed E-state index contributed by atoms with van der Waals surface area (Å²) in [5.41, 5.74) is 0.324. The summed E-state index contributed by atoms with van der Waals surface area (Å²) in [5.74, 6) is -0.402. The molecule has 2 rings (SSSR count). The third-order valence-electron chi connectivity index (χ3n) is 3.06. The van der Waals surface area contributed by atoms with Crippen LogP contribution in [0.1, 0.15) is 16.8 Å². The van der Waals surface area contributed by atoms with E-state index in [0.29, 0.717) is 12.0 Å². The molecule has 1 aliphatic heterocycles. The first-order valence-corrected chi connectivity index (χ1v) is 5.99. The number of nitrogens with zero attached hydrogens (tertiary/aromatic N) is 1. The van der Waals surface area contributed by atoms with Crippen LogP contribution < -0.4 is 0 Å². The Morgan fingerprint density at radius 3 is 2.83 bits per heavy atom. The monoisotopic (exact) mass is 271 g/mol. The fraction of sp³-hybridized carbons (Fsp3) is 0.417. The Kier molecular flexibility index (Phi) is 3.75. The van der Waals surface area contributed by atoms with E-state index in [9.17, 15) is 20.1 Å². The van der Waals surface area contributed by atoms with Crippen LogP contribution in [0.5, 0.6) is 5.75 Å². The van der Waals surface area contributed by atoms with Gasteiger partial charge in [0.25, 0.3) is 5.91 Å². The molecule has 1 saturated heterocycles. The van der Waals surface area contributed by atoms with Crippen LogP contribution in [0, 0.1) is 0 Å². The van der Waals surface area contributed by atoms with Gasteiger partial charge in [-0.3, -0.25) is 4.79 Å². The number of halogens is 1. The molecule has 1 aliphatic rings. The molecule has 0 saturated carbocycles. The maximum Gasteiger partial charge on any atom is 0.254 e. The first-order chi connectivity index (χ1) is 8.52. The molecule has 0 radical (unpaired) electrons. The molecule has 0 bridgehead atoms. The van der Waals surface area contributed by atoms with Crippen LogP contribution in [0.3, 0.4) is 0 Å². The largest absolute Gasteiger partial charge is 0.506 e. The van der Waals surface area contributed by atoms with Crippen molar-refractivity contribution in [1.82, 2.24) is 4.90 Å². The van der Waals surface area contributed by atoms with E-state index in [2.05, 4.69) is 0 Å². The zero-order valence-corrected chi connectivity index (χ0v) is 10.3. The van der Waals surface area contributed by atoms with Gasteiger partial charge in [0.15, 0.2) is 0 Å². The van der Waals surface area contributed by atoms with E-state index in [1.54, 1.807) is 0 Å². The fourth-order valence-electron chi connectivity index (χ4n) is 2.12. The van der Waals surface area contributed by atoms with Crippen LogP contribution in [-0.2, 0) is 0 Å². The number of hydrogen-bond acceptors (Lipinski definition) is 4. The number of aromatic hydroxyl groups is 1. The number of amides is 1. The van der Waals surface area contributed by atoms with Gasteiger partial charge in [0, 0.05) is 12.1 Å². The number of likely N-dealkylation sites (tertiary alicyclic amines) is 1. The summed E-state index contributed by atoms with van der Waals surface area (Å²) in [4.78, 5) is 13.6. The van der Waals surface area contributed by atoms with Crippen molar-refractivity contribution in [3.8, 4) is 5.75 Å². The molecule has 0 aliphatic carbocycles. The predicted octanol–water partition coefficient (Wildman–Crippen LogP) is 0.613. The van der Waals surface area contributed by atoms with Gasteiger partial charge in [-0.2, -0.15) is 0 Å². The van der Waals surface area contributed by atoms with Gasteiger partial charge in [-0.1, -0.05) is 11.6 Å². The summed E-state index contributed by atoms with van der Waals surface area (Å²) in [6.07, 6.45) is -0.243. The van der Waals surface area contributed by atoms with Crippen LogP contribution in [0.2, 0.25) is 5.02 Å². The van der Waals surface area contributed by atoms with Crippen molar-refractivity contribution in [2.45, 2.75) is 18.6 Å². The number of β-amino-alcohol motifs (C(OH)–C–C–N with tert-alkyl or cyclic N) is 1. The van der Waals surface area contributed by atoms with E-state index in [-0.39, 0.29) is 35.9 Å². The van der Waals surface area contributed by atoms with Crippen molar-refractivity contribution in [3.63, 3.8) is 0 Å². The molecule has 0 spiro atoms. The summed E-state index contributed by atoms with van der Waals surface area (Å²) in [5, 5.41) is 28.1. The van der Waals surface area contributed by atoms with E-state index >= 15 is 0 Å².